The highest BCUT2D eigenvalue weighted by molar-refractivity contribution is 5.78. The maximum absolute atomic E-state index is 10.5. The van der Waals surface area contributed by atoms with Crippen molar-refractivity contribution in [2.75, 3.05) is 13.2 Å². The Hall–Kier alpha value is -0.650. The molecule has 3 N–H and O–H groups in total. The minimum absolute atomic E-state index is 0.437. The second-order valence-electron chi connectivity index (χ2n) is 1.58. The predicted octanol–water partition coefficient (Wildman–Crippen LogP) is -1.65. The van der Waals surface area contributed by atoms with Crippen LogP contribution in [0.3, 0.4) is 0 Å². The second kappa shape index (κ2) is 2.77. The van der Waals surface area contributed by atoms with Gasteiger partial charge in [-0.2, -0.15) is 0 Å². The number of hydrazine groups is 1. The van der Waals surface area contributed by atoms with Gasteiger partial charge in [0.05, 0.1) is 13.2 Å². The van der Waals surface area contributed by atoms with Gasteiger partial charge in [-0.1, -0.05) is 0 Å². The van der Waals surface area contributed by atoms with E-state index in [0.29, 0.717) is 13.2 Å². The minimum atomic E-state index is -0.796. The standard InChI is InChI=1S/C4H8N2O3/c5-6-3(7)4-8-1-2-9-4/h4H,1-2,5H2,(H,6,7). The van der Waals surface area contributed by atoms with Crippen LogP contribution in [0.15, 0.2) is 0 Å². The van der Waals surface area contributed by atoms with Crippen LogP contribution >= 0.6 is 0 Å². The topological polar surface area (TPSA) is 73.6 Å². The Balaban J connectivity index is 2.32. The highest BCUT2D eigenvalue weighted by Crippen LogP contribution is 2.01. The van der Waals surface area contributed by atoms with Gasteiger partial charge in [-0.25, -0.2) is 5.84 Å². The van der Waals surface area contributed by atoms with Gasteiger partial charge in [0.25, 0.3) is 5.91 Å². The summed E-state index contributed by atoms with van der Waals surface area (Å²) >= 11 is 0. The fourth-order valence-corrected chi connectivity index (χ4v) is 0.578. The zero-order valence-electron chi connectivity index (χ0n) is 4.79. The first-order chi connectivity index (χ1) is 4.34. The SMILES string of the molecule is NNC(=O)C1OCCO1. The number of hydrogen-bond acceptors (Lipinski definition) is 4. The zero-order valence-corrected chi connectivity index (χ0v) is 4.79. The summed E-state index contributed by atoms with van der Waals surface area (Å²) in [6.45, 7) is 0.913. The molecule has 0 spiro atoms. The smallest absolute Gasteiger partial charge is 0.290 e. The molecular weight excluding hydrogens is 124 g/mol. The molecule has 1 amide bonds. The summed E-state index contributed by atoms with van der Waals surface area (Å²) < 4.78 is 9.58. The Labute approximate surface area is 52.1 Å². The molecule has 1 saturated heterocycles. The molecule has 0 aromatic rings. The summed E-state index contributed by atoms with van der Waals surface area (Å²) in [6, 6.07) is 0. The molecule has 0 bridgehead atoms. The number of nitrogens with two attached hydrogens (primary N) is 1. The monoisotopic (exact) mass is 132 g/mol. The van der Waals surface area contributed by atoms with E-state index in [4.69, 9.17) is 15.3 Å². The third kappa shape index (κ3) is 1.38. The van der Waals surface area contributed by atoms with Gasteiger partial charge in [0.15, 0.2) is 0 Å². The molecule has 1 aliphatic rings. The lowest BCUT2D eigenvalue weighted by Crippen LogP contribution is -2.39. The summed E-state index contributed by atoms with van der Waals surface area (Å²) in [5, 5.41) is 0. The quantitative estimate of drug-likeness (QED) is 0.254. The third-order valence-electron chi connectivity index (χ3n) is 0.978. The third-order valence-corrected chi connectivity index (χ3v) is 0.978. The van der Waals surface area contributed by atoms with E-state index in [-0.39, 0.29) is 0 Å². The van der Waals surface area contributed by atoms with Crippen molar-refractivity contribution in [3.05, 3.63) is 0 Å². The van der Waals surface area contributed by atoms with Crippen molar-refractivity contribution in [3.63, 3.8) is 0 Å². The molecule has 0 saturated carbocycles. The van der Waals surface area contributed by atoms with Gasteiger partial charge in [-0.3, -0.25) is 10.2 Å². The molecule has 1 fully saturated rings. The molecule has 5 heteroatoms. The number of carbonyl (C=O) groups excluding carboxylic acids is 1. The molecule has 1 heterocycles. The van der Waals surface area contributed by atoms with E-state index in [1.807, 2.05) is 5.43 Å². The van der Waals surface area contributed by atoms with Crippen molar-refractivity contribution in [1.82, 2.24) is 5.43 Å². The first kappa shape index (κ1) is 6.47. The van der Waals surface area contributed by atoms with Crippen molar-refractivity contribution in [2.24, 2.45) is 5.84 Å². The first-order valence-corrected chi connectivity index (χ1v) is 2.58. The van der Waals surface area contributed by atoms with Gasteiger partial charge >= 0.3 is 0 Å². The van der Waals surface area contributed by atoms with Crippen LogP contribution in [0.4, 0.5) is 0 Å². The van der Waals surface area contributed by atoms with Gasteiger partial charge in [0.1, 0.15) is 0 Å². The van der Waals surface area contributed by atoms with Crippen molar-refractivity contribution in [3.8, 4) is 0 Å². The number of nitrogens with one attached hydrogen (secondary N) is 1. The molecule has 9 heavy (non-hydrogen) atoms. The van der Waals surface area contributed by atoms with Crippen molar-refractivity contribution in [2.45, 2.75) is 6.29 Å². The predicted molar refractivity (Wildman–Crippen MR) is 28.0 cm³/mol. The number of hydrogen-bond donors (Lipinski definition) is 2. The number of carbonyl (C=O) groups is 1. The lowest BCUT2D eigenvalue weighted by molar-refractivity contribution is -0.146. The van der Waals surface area contributed by atoms with E-state index in [9.17, 15) is 4.79 Å². The minimum Gasteiger partial charge on any atom is -0.342 e. The number of ether oxygens (including phenoxy) is 2. The maximum atomic E-state index is 10.5. The lowest BCUT2D eigenvalue weighted by Gasteiger charge is -2.04. The highest BCUT2D eigenvalue weighted by Gasteiger charge is 2.22. The molecule has 1 aliphatic heterocycles. The number of amides is 1. The molecule has 52 valence electrons. The van der Waals surface area contributed by atoms with Crippen molar-refractivity contribution in [1.29, 1.82) is 0 Å². The van der Waals surface area contributed by atoms with Gasteiger partial charge in [-0.05, 0) is 0 Å². The van der Waals surface area contributed by atoms with Crippen LogP contribution in [0.5, 0.6) is 0 Å². The van der Waals surface area contributed by atoms with Crippen LogP contribution in [0, 0.1) is 0 Å². The average Bonchev–Trinajstić information content (AvgIpc) is 2.37. The molecule has 0 radical (unpaired) electrons. The van der Waals surface area contributed by atoms with E-state index in [2.05, 4.69) is 0 Å². The van der Waals surface area contributed by atoms with E-state index < -0.39 is 12.2 Å². The Morgan fingerprint density at radius 2 is 2.11 bits per heavy atom. The summed E-state index contributed by atoms with van der Waals surface area (Å²) in [6.07, 6.45) is -0.796. The van der Waals surface area contributed by atoms with Gasteiger partial charge < -0.3 is 9.47 Å². The van der Waals surface area contributed by atoms with Crippen LogP contribution in [0.25, 0.3) is 0 Å². The lowest BCUT2D eigenvalue weighted by atomic mass is 10.6. The second-order valence-corrected chi connectivity index (χ2v) is 1.58. The molecule has 0 aromatic heterocycles. The van der Waals surface area contributed by atoms with E-state index in [1.165, 1.54) is 0 Å². The Kier molecular flexibility index (Phi) is 1.99. The number of rotatable bonds is 1. The molecule has 0 atom stereocenters. The summed E-state index contributed by atoms with van der Waals surface area (Å²) in [5.41, 5.74) is 1.92. The summed E-state index contributed by atoms with van der Waals surface area (Å²) in [5.74, 6) is 4.35. The molecule has 0 aliphatic carbocycles. The van der Waals surface area contributed by atoms with Crippen molar-refractivity contribution < 1.29 is 14.3 Å². The van der Waals surface area contributed by atoms with Crippen LogP contribution in [0.2, 0.25) is 0 Å². The normalized spacial score (nSPS) is 20.1. The van der Waals surface area contributed by atoms with E-state index in [0.717, 1.165) is 0 Å². The Bertz CT molecular complexity index is 110. The van der Waals surface area contributed by atoms with Gasteiger partial charge in [0.2, 0.25) is 6.29 Å². The van der Waals surface area contributed by atoms with E-state index in [1.54, 1.807) is 0 Å². The fourth-order valence-electron chi connectivity index (χ4n) is 0.578. The van der Waals surface area contributed by atoms with Crippen LogP contribution in [-0.2, 0) is 14.3 Å². The van der Waals surface area contributed by atoms with Crippen LogP contribution in [-0.4, -0.2) is 25.4 Å². The summed E-state index contributed by atoms with van der Waals surface area (Å²) in [7, 11) is 0. The zero-order chi connectivity index (χ0) is 6.69. The Morgan fingerprint density at radius 1 is 1.56 bits per heavy atom. The van der Waals surface area contributed by atoms with E-state index >= 15 is 0 Å². The maximum Gasteiger partial charge on any atom is 0.290 e. The molecule has 5 nitrogen and oxygen atoms in total. The Morgan fingerprint density at radius 3 is 2.56 bits per heavy atom. The molecule has 1 rings (SSSR count). The highest BCUT2D eigenvalue weighted by atomic mass is 16.7. The average molecular weight is 132 g/mol. The fraction of sp³-hybridized carbons (Fsp3) is 0.750. The van der Waals surface area contributed by atoms with Crippen molar-refractivity contribution >= 4 is 5.91 Å². The van der Waals surface area contributed by atoms with Crippen LogP contribution < -0.4 is 11.3 Å². The van der Waals surface area contributed by atoms with Gasteiger partial charge in [-0.15, -0.1) is 0 Å². The molecule has 0 unspecified atom stereocenters. The largest absolute Gasteiger partial charge is 0.342 e. The first-order valence-electron chi connectivity index (χ1n) is 2.58. The molecule has 0 aromatic carbocycles. The van der Waals surface area contributed by atoms with Crippen LogP contribution in [0.1, 0.15) is 0 Å². The molecular formula is C4H8N2O3. The van der Waals surface area contributed by atoms with Gasteiger partial charge in [0, 0.05) is 0 Å². The summed E-state index contributed by atoms with van der Waals surface area (Å²) in [4.78, 5) is 10.5.